The van der Waals surface area contributed by atoms with E-state index in [2.05, 4.69) is 15.9 Å². The summed E-state index contributed by atoms with van der Waals surface area (Å²) < 4.78 is 5.60. The topological polar surface area (TPSA) is 46.5 Å². The minimum atomic E-state index is -1.38. The molecule has 1 atom stereocenters. The van der Waals surface area contributed by atoms with Gasteiger partial charge in [-0.3, -0.25) is 0 Å². The van der Waals surface area contributed by atoms with E-state index in [-0.39, 0.29) is 0 Å². The lowest BCUT2D eigenvalue weighted by atomic mass is 9.87. The SMILES string of the molecule is COC(=O)[C@H](O)c1c(C)c(Br)c2ccccc2c1-c1ccc(Cl)cc1. The Labute approximate surface area is 159 Å². The minimum absolute atomic E-state index is 0.528. The number of carbonyl (C=O) groups excluding carboxylic acids is 1. The fourth-order valence-electron chi connectivity index (χ4n) is 3.04. The van der Waals surface area contributed by atoms with E-state index in [1.807, 2.05) is 43.3 Å². The fourth-order valence-corrected chi connectivity index (χ4v) is 3.73. The molecule has 0 unspecified atom stereocenters. The van der Waals surface area contributed by atoms with Crippen molar-refractivity contribution < 1.29 is 14.6 Å². The zero-order chi connectivity index (χ0) is 18.1. The van der Waals surface area contributed by atoms with E-state index < -0.39 is 12.1 Å². The molecule has 0 bridgehead atoms. The molecule has 0 radical (unpaired) electrons. The predicted octanol–water partition coefficient (Wildman–Crippen LogP) is 5.44. The third-order valence-electron chi connectivity index (χ3n) is 4.27. The van der Waals surface area contributed by atoms with Crippen LogP contribution < -0.4 is 0 Å². The summed E-state index contributed by atoms with van der Waals surface area (Å²) in [5, 5.41) is 13.2. The molecule has 3 aromatic rings. The first kappa shape index (κ1) is 17.9. The van der Waals surface area contributed by atoms with Crippen LogP contribution in [-0.4, -0.2) is 18.2 Å². The van der Waals surface area contributed by atoms with Crippen molar-refractivity contribution in [3.63, 3.8) is 0 Å². The molecule has 0 aromatic heterocycles. The van der Waals surface area contributed by atoms with Crippen molar-refractivity contribution >= 4 is 44.3 Å². The second kappa shape index (κ2) is 7.16. The summed E-state index contributed by atoms with van der Waals surface area (Å²) in [6.45, 7) is 1.87. The van der Waals surface area contributed by atoms with E-state index in [1.54, 1.807) is 12.1 Å². The van der Waals surface area contributed by atoms with Crippen molar-refractivity contribution in [3.05, 3.63) is 69.2 Å². The number of hydrogen-bond donors (Lipinski definition) is 1. The summed E-state index contributed by atoms with van der Waals surface area (Å²) in [6, 6.07) is 15.2. The molecule has 128 valence electrons. The highest BCUT2D eigenvalue weighted by molar-refractivity contribution is 9.10. The van der Waals surface area contributed by atoms with Gasteiger partial charge in [0.25, 0.3) is 0 Å². The minimum Gasteiger partial charge on any atom is -0.467 e. The molecule has 3 aromatic carbocycles. The molecular formula is C20H16BrClO3. The number of carbonyl (C=O) groups is 1. The van der Waals surface area contributed by atoms with E-state index in [9.17, 15) is 9.90 Å². The van der Waals surface area contributed by atoms with Gasteiger partial charge in [-0.15, -0.1) is 0 Å². The Hall–Kier alpha value is -1.88. The predicted molar refractivity (Wildman–Crippen MR) is 104 cm³/mol. The highest BCUT2D eigenvalue weighted by Crippen LogP contribution is 2.42. The van der Waals surface area contributed by atoms with Gasteiger partial charge in [-0.05, 0) is 62.4 Å². The lowest BCUT2D eigenvalue weighted by molar-refractivity contribution is -0.150. The van der Waals surface area contributed by atoms with Gasteiger partial charge in [-0.25, -0.2) is 4.79 Å². The first-order chi connectivity index (χ1) is 12.0. The summed E-state index contributed by atoms with van der Waals surface area (Å²) in [6.07, 6.45) is -1.38. The van der Waals surface area contributed by atoms with Crippen LogP contribution in [-0.2, 0) is 9.53 Å². The zero-order valence-electron chi connectivity index (χ0n) is 13.7. The van der Waals surface area contributed by atoms with Crippen LogP contribution in [0.3, 0.4) is 0 Å². The molecule has 0 fully saturated rings. The molecule has 0 heterocycles. The Kier molecular flexibility index (Phi) is 5.13. The van der Waals surface area contributed by atoms with Gasteiger partial charge in [0.15, 0.2) is 6.10 Å². The normalized spacial score (nSPS) is 12.2. The van der Waals surface area contributed by atoms with Crippen LogP contribution in [0.4, 0.5) is 0 Å². The van der Waals surface area contributed by atoms with Crippen LogP contribution in [0.1, 0.15) is 17.2 Å². The molecule has 25 heavy (non-hydrogen) atoms. The summed E-state index contributed by atoms with van der Waals surface area (Å²) in [7, 11) is 1.26. The van der Waals surface area contributed by atoms with Gasteiger partial charge in [0, 0.05) is 15.1 Å². The summed E-state index contributed by atoms with van der Waals surface area (Å²) in [5.41, 5.74) is 2.99. The Morgan fingerprint density at radius 3 is 2.32 bits per heavy atom. The first-order valence-corrected chi connectivity index (χ1v) is 8.85. The van der Waals surface area contributed by atoms with Crippen LogP contribution in [0.5, 0.6) is 0 Å². The Bertz CT molecular complexity index is 951. The van der Waals surface area contributed by atoms with Crippen molar-refractivity contribution in [1.82, 2.24) is 0 Å². The number of esters is 1. The van der Waals surface area contributed by atoms with Crippen LogP contribution in [0, 0.1) is 6.92 Å². The summed E-state index contributed by atoms with van der Waals surface area (Å²) in [4.78, 5) is 12.0. The van der Waals surface area contributed by atoms with E-state index in [1.165, 1.54) is 7.11 Å². The number of aliphatic hydroxyl groups excluding tert-OH is 1. The van der Waals surface area contributed by atoms with Crippen molar-refractivity contribution in [2.75, 3.05) is 7.11 Å². The highest BCUT2D eigenvalue weighted by Gasteiger charge is 2.27. The Morgan fingerprint density at radius 1 is 1.12 bits per heavy atom. The fraction of sp³-hybridized carbons (Fsp3) is 0.150. The third kappa shape index (κ3) is 3.17. The number of benzene rings is 3. The smallest absolute Gasteiger partial charge is 0.339 e. The quantitative estimate of drug-likeness (QED) is 0.575. The van der Waals surface area contributed by atoms with Gasteiger partial charge in [-0.2, -0.15) is 0 Å². The molecular weight excluding hydrogens is 404 g/mol. The molecule has 0 saturated carbocycles. The maximum Gasteiger partial charge on any atom is 0.339 e. The number of hydrogen-bond acceptors (Lipinski definition) is 3. The highest BCUT2D eigenvalue weighted by atomic mass is 79.9. The van der Waals surface area contributed by atoms with E-state index in [4.69, 9.17) is 16.3 Å². The van der Waals surface area contributed by atoms with Crippen LogP contribution >= 0.6 is 27.5 Å². The number of aliphatic hydroxyl groups is 1. The molecule has 1 N–H and O–H groups in total. The van der Waals surface area contributed by atoms with E-state index in [0.29, 0.717) is 10.6 Å². The monoisotopic (exact) mass is 418 g/mol. The molecule has 0 aliphatic heterocycles. The number of methoxy groups -OCH3 is 1. The second-order valence-corrected chi connectivity index (χ2v) is 6.94. The molecule has 0 aliphatic rings. The molecule has 0 saturated heterocycles. The lowest BCUT2D eigenvalue weighted by Crippen LogP contribution is -2.16. The maximum absolute atomic E-state index is 12.0. The molecule has 0 aliphatic carbocycles. The number of fused-ring (bicyclic) bond motifs is 1. The largest absolute Gasteiger partial charge is 0.467 e. The van der Waals surface area contributed by atoms with Gasteiger partial charge >= 0.3 is 5.97 Å². The Balaban J connectivity index is 2.44. The Morgan fingerprint density at radius 2 is 1.72 bits per heavy atom. The van der Waals surface area contributed by atoms with Crippen molar-refractivity contribution in [2.45, 2.75) is 13.0 Å². The van der Waals surface area contributed by atoms with Crippen molar-refractivity contribution in [3.8, 4) is 11.1 Å². The average molecular weight is 420 g/mol. The molecule has 0 spiro atoms. The van der Waals surface area contributed by atoms with Gasteiger partial charge in [-0.1, -0.05) is 48.0 Å². The second-order valence-electron chi connectivity index (χ2n) is 5.71. The van der Waals surface area contributed by atoms with Gasteiger partial charge < -0.3 is 9.84 Å². The van der Waals surface area contributed by atoms with Crippen molar-refractivity contribution in [2.24, 2.45) is 0 Å². The molecule has 3 rings (SSSR count). The van der Waals surface area contributed by atoms with Gasteiger partial charge in [0.05, 0.1) is 7.11 Å². The van der Waals surface area contributed by atoms with Crippen LogP contribution in [0.2, 0.25) is 5.02 Å². The van der Waals surface area contributed by atoms with Crippen molar-refractivity contribution in [1.29, 1.82) is 0 Å². The van der Waals surface area contributed by atoms with Gasteiger partial charge in [0.2, 0.25) is 0 Å². The van der Waals surface area contributed by atoms with Crippen LogP contribution in [0.25, 0.3) is 21.9 Å². The standard InChI is InChI=1S/C20H16BrClO3/c1-11-16(19(23)20(24)25-2)17(12-7-9-13(22)10-8-12)14-5-3-4-6-15(14)18(11)21/h3-10,19,23H,1-2H3/t19-/m1/s1. The summed E-state index contributed by atoms with van der Waals surface area (Å²) >= 11 is 9.62. The lowest BCUT2D eigenvalue weighted by Gasteiger charge is -2.21. The van der Waals surface area contributed by atoms with Gasteiger partial charge in [0.1, 0.15) is 0 Å². The average Bonchev–Trinajstić information content (AvgIpc) is 2.64. The van der Waals surface area contributed by atoms with E-state index >= 15 is 0 Å². The first-order valence-electron chi connectivity index (χ1n) is 7.68. The number of halogens is 2. The molecule has 0 amide bonds. The zero-order valence-corrected chi connectivity index (χ0v) is 16.1. The maximum atomic E-state index is 12.0. The van der Waals surface area contributed by atoms with Crippen LogP contribution in [0.15, 0.2) is 53.0 Å². The summed E-state index contributed by atoms with van der Waals surface area (Å²) in [5.74, 6) is -0.694. The third-order valence-corrected chi connectivity index (χ3v) is 5.54. The molecule has 5 heteroatoms. The number of rotatable bonds is 3. The number of ether oxygens (including phenoxy) is 1. The van der Waals surface area contributed by atoms with E-state index in [0.717, 1.165) is 31.9 Å². The molecule has 3 nitrogen and oxygen atoms in total.